The van der Waals surface area contributed by atoms with Crippen LogP contribution in [0.1, 0.15) is 40.5 Å². The van der Waals surface area contributed by atoms with Gasteiger partial charge in [-0.15, -0.1) is 0 Å². The van der Waals surface area contributed by atoms with E-state index in [1.54, 1.807) is 21.6 Å². The predicted molar refractivity (Wildman–Crippen MR) is 251 cm³/mol. The number of amides is 2. The van der Waals surface area contributed by atoms with Crippen LogP contribution in [0.4, 0.5) is 0 Å². The predicted octanol–water partition coefficient (Wildman–Crippen LogP) is -3.91. The van der Waals surface area contributed by atoms with Crippen molar-refractivity contribution in [3.63, 3.8) is 0 Å². The van der Waals surface area contributed by atoms with Gasteiger partial charge in [-0.05, 0) is 27.7 Å². The summed E-state index contributed by atoms with van der Waals surface area (Å²) in [4.78, 5) is 30.5. The summed E-state index contributed by atoms with van der Waals surface area (Å²) in [6, 6.07) is 0. The number of nitrogens with zero attached hydrogens (tertiary/aromatic N) is 2. The molecule has 0 aliphatic rings. The van der Waals surface area contributed by atoms with E-state index in [0.29, 0.717) is 76.7 Å². The van der Waals surface area contributed by atoms with Gasteiger partial charge in [0.15, 0.2) is 0 Å². The van der Waals surface area contributed by atoms with Gasteiger partial charge in [0.2, 0.25) is 11.8 Å². The molecule has 0 atom stereocenters. The smallest absolute Gasteiger partial charge is 0.223 e. The van der Waals surface area contributed by atoms with Crippen LogP contribution in [-0.4, -0.2) is 214 Å². The lowest BCUT2D eigenvalue weighted by atomic mass is 10.1. The molecule has 0 spiro atoms. The molecule has 18 N–H and O–H groups in total. The zero-order valence-corrected chi connectivity index (χ0v) is 38.7. The van der Waals surface area contributed by atoms with Gasteiger partial charge in [0.05, 0.1) is 0 Å². The van der Waals surface area contributed by atoms with Crippen molar-refractivity contribution in [2.75, 3.05) is 182 Å². The van der Waals surface area contributed by atoms with E-state index in [1.807, 2.05) is 37.5 Å². The lowest BCUT2D eigenvalue weighted by molar-refractivity contribution is -0.131. The van der Waals surface area contributed by atoms with Crippen molar-refractivity contribution in [3.05, 3.63) is 0 Å². The first-order chi connectivity index (χ1) is 27.9. The molecular formula is C38H90N16O2S2. The Balaban J connectivity index is 4.59. The first kappa shape index (κ1) is 57.1. The van der Waals surface area contributed by atoms with Crippen molar-refractivity contribution in [1.82, 2.24) is 63.0 Å². The Bertz CT molecular complexity index is 934. The van der Waals surface area contributed by atoms with Gasteiger partial charge in [-0.2, -0.15) is 0 Å². The van der Waals surface area contributed by atoms with Gasteiger partial charge in [0, 0.05) is 206 Å². The lowest BCUT2D eigenvalue weighted by Crippen LogP contribution is -2.46. The molecule has 0 rings (SSSR count). The second-order valence-corrected chi connectivity index (χ2v) is 18.5. The number of nitrogens with two attached hydrogens (primary N) is 4. The number of carbonyl (C=O) groups is 2. The quantitative estimate of drug-likeness (QED) is 0.0206. The fourth-order valence-electron chi connectivity index (χ4n) is 5.36. The molecule has 0 aliphatic carbocycles. The topological polar surface area (TPSA) is 265 Å². The number of rotatable bonds is 45. The lowest BCUT2D eigenvalue weighted by Gasteiger charge is -2.25. The Morgan fingerprint density at radius 1 is 0.414 bits per heavy atom. The average molecular weight is 867 g/mol. The number of hydrogen-bond donors (Lipinski definition) is 14. The maximum Gasteiger partial charge on any atom is 0.223 e. The molecule has 58 heavy (non-hydrogen) atoms. The van der Waals surface area contributed by atoms with Gasteiger partial charge in [-0.1, -0.05) is 21.6 Å². The molecule has 20 heteroatoms. The Morgan fingerprint density at radius 2 is 0.655 bits per heavy atom. The summed E-state index contributed by atoms with van der Waals surface area (Å²) < 4.78 is 0. The molecule has 0 aliphatic heterocycles. The standard InChI is InChI=1S/C38H90N16O2S2/c1-37(2,41)33-51-22-21-50-25-28-53(27-23-48-19-17-46-14-12-44-10-8-40)35(55)5-31-57-58-32-6-36(56)54(30-26-52-34-38(3,4)42)29-24-49-20-18-47-16-15-45-13-11-43-9-7-39/h43-52H,5-34,39-42H2,1-4H3. The van der Waals surface area contributed by atoms with Gasteiger partial charge < -0.3 is 85.9 Å². The van der Waals surface area contributed by atoms with Gasteiger partial charge in [-0.3, -0.25) is 9.59 Å². The van der Waals surface area contributed by atoms with E-state index in [0.717, 1.165) is 118 Å². The van der Waals surface area contributed by atoms with Crippen molar-refractivity contribution >= 4 is 33.4 Å². The van der Waals surface area contributed by atoms with E-state index in [4.69, 9.17) is 22.9 Å². The van der Waals surface area contributed by atoms with Gasteiger partial charge in [0.1, 0.15) is 0 Å². The van der Waals surface area contributed by atoms with Crippen molar-refractivity contribution < 1.29 is 9.59 Å². The van der Waals surface area contributed by atoms with Crippen LogP contribution in [0.5, 0.6) is 0 Å². The molecule has 0 unspecified atom stereocenters. The number of hydrogen-bond acceptors (Lipinski definition) is 18. The van der Waals surface area contributed by atoms with Crippen LogP contribution >= 0.6 is 21.6 Å². The third kappa shape index (κ3) is 41.8. The normalized spacial score (nSPS) is 12.1. The summed E-state index contributed by atoms with van der Waals surface area (Å²) in [5.41, 5.74) is 22.6. The summed E-state index contributed by atoms with van der Waals surface area (Å²) in [7, 11) is 3.34. The van der Waals surface area contributed by atoms with E-state index in [9.17, 15) is 9.59 Å². The molecule has 0 saturated carbocycles. The van der Waals surface area contributed by atoms with Gasteiger partial charge in [-0.25, -0.2) is 0 Å². The molecule has 0 radical (unpaired) electrons. The van der Waals surface area contributed by atoms with Gasteiger partial charge in [0.25, 0.3) is 0 Å². The SMILES string of the molecule is CC(C)(N)CNCCNCCN(CCNCCNCCNCCN)C(=O)CCSSCCC(=O)N(CCNCCNCCNCCNCCN)CCNCC(C)(C)N. The zero-order valence-electron chi connectivity index (χ0n) is 37.1. The molecule has 2 amide bonds. The third-order valence-corrected chi connectivity index (χ3v) is 10.9. The molecule has 0 bridgehead atoms. The van der Waals surface area contributed by atoms with Crippen molar-refractivity contribution in [1.29, 1.82) is 0 Å². The summed E-state index contributed by atoms with van der Waals surface area (Å²) in [5.74, 6) is 1.72. The highest BCUT2D eigenvalue weighted by molar-refractivity contribution is 8.76. The highest BCUT2D eigenvalue weighted by atomic mass is 33.1. The zero-order chi connectivity index (χ0) is 43.0. The molecule has 0 aromatic rings. The van der Waals surface area contributed by atoms with E-state index in [2.05, 4.69) is 53.2 Å². The van der Waals surface area contributed by atoms with Gasteiger partial charge >= 0.3 is 0 Å². The van der Waals surface area contributed by atoms with Crippen LogP contribution in [0.15, 0.2) is 0 Å². The summed E-state index contributed by atoms with van der Waals surface area (Å²) in [5, 5.41) is 33.9. The minimum atomic E-state index is -0.305. The molecule has 0 fully saturated rings. The van der Waals surface area contributed by atoms with Crippen molar-refractivity contribution in [2.45, 2.75) is 51.6 Å². The molecule has 0 saturated heterocycles. The Morgan fingerprint density at radius 3 is 0.948 bits per heavy atom. The Labute approximate surface area is 361 Å². The minimum Gasteiger partial charge on any atom is -0.340 e. The maximum atomic E-state index is 13.3. The second-order valence-electron chi connectivity index (χ2n) is 15.8. The van der Waals surface area contributed by atoms with E-state index < -0.39 is 0 Å². The largest absolute Gasteiger partial charge is 0.340 e. The summed E-state index contributed by atoms with van der Waals surface area (Å²) in [6.45, 7) is 28.5. The molecule has 0 aromatic carbocycles. The van der Waals surface area contributed by atoms with E-state index in [-0.39, 0.29) is 22.9 Å². The summed E-state index contributed by atoms with van der Waals surface area (Å²) >= 11 is 0. The minimum absolute atomic E-state index is 0.150. The van der Waals surface area contributed by atoms with Crippen LogP contribution < -0.4 is 76.1 Å². The second kappa shape index (κ2) is 40.2. The van der Waals surface area contributed by atoms with Crippen molar-refractivity contribution in [2.24, 2.45) is 22.9 Å². The molecule has 0 aromatic heterocycles. The Hall–Kier alpha value is -0.920. The number of carbonyl (C=O) groups excluding carboxylic acids is 2. The fourth-order valence-corrected chi connectivity index (χ4v) is 7.32. The van der Waals surface area contributed by atoms with Crippen LogP contribution in [0, 0.1) is 0 Å². The third-order valence-electron chi connectivity index (χ3n) is 8.50. The Kier molecular flexibility index (Phi) is 39.5. The van der Waals surface area contributed by atoms with E-state index >= 15 is 0 Å². The highest BCUT2D eigenvalue weighted by Crippen LogP contribution is 2.23. The molecule has 18 nitrogen and oxygen atoms in total. The molecule has 346 valence electrons. The molecular weight excluding hydrogens is 777 g/mol. The van der Waals surface area contributed by atoms with Crippen LogP contribution in [0.2, 0.25) is 0 Å². The number of nitrogens with one attached hydrogen (secondary N) is 10. The fraction of sp³-hybridized carbons (Fsp3) is 0.947. The summed E-state index contributed by atoms with van der Waals surface area (Å²) in [6.07, 6.45) is 0.930. The average Bonchev–Trinajstić information content (AvgIpc) is 3.17. The van der Waals surface area contributed by atoms with Crippen LogP contribution in [0.25, 0.3) is 0 Å². The maximum absolute atomic E-state index is 13.3. The first-order valence-corrected chi connectivity index (χ1v) is 24.2. The highest BCUT2D eigenvalue weighted by Gasteiger charge is 2.16. The van der Waals surface area contributed by atoms with Crippen LogP contribution in [-0.2, 0) is 9.59 Å². The monoisotopic (exact) mass is 867 g/mol. The first-order valence-electron chi connectivity index (χ1n) is 21.7. The van der Waals surface area contributed by atoms with E-state index in [1.165, 1.54) is 0 Å². The van der Waals surface area contributed by atoms with Crippen molar-refractivity contribution in [3.8, 4) is 0 Å². The van der Waals surface area contributed by atoms with Crippen LogP contribution in [0.3, 0.4) is 0 Å². The molecule has 0 heterocycles.